The lowest BCUT2D eigenvalue weighted by atomic mass is 10.0. The number of carbonyl (C=O) groups excluding carboxylic acids is 2. The summed E-state index contributed by atoms with van der Waals surface area (Å²) in [5, 5.41) is 8.58. The Morgan fingerprint density at radius 3 is 2.67 bits per heavy atom. The zero-order chi connectivity index (χ0) is 32.5. The molecule has 238 valence electrons. The fourth-order valence-corrected chi connectivity index (χ4v) is 5.64. The Bertz CT molecular complexity index is 1780. The third-order valence-electron chi connectivity index (χ3n) is 7.15. The Balaban J connectivity index is 1.22. The second kappa shape index (κ2) is 15.0. The van der Waals surface area contributed by atoms with Gasteiger partial charge in [-0.15, -0.1) is 11.3 Å². The second-order valence-electron chi connectivity index (χ2n) is 10.6. The molecule has 1 aromatic carbocycles. The third-order valence-corrected chi connectivity index (χ3v) is 8.31. The number of benzene rings is 1. The number of allylic oxidation sites excluding steroid dienone is 3. The predicted octanol–water partition coefficient (Wildman–Crippen LogP) is 6.07. The maximum atomic E-state index is 13.8. The van der Waals surface area contributed by atoms with Crippen molar-refractivity contribution < 1.29 is 27.8 Å². The van der Waals surface area contributed by atoms with E-state index in [-0.39, 0.29) is 12.3 Å². The summed E-state index contributed by atoms with van der Waals surface area (Å²) >= 11 is 1.51. The molecular weight excluding hydrogens is 612 g/mol. The molecule has 0 spiro atoms. The topological polar surface area (TPSA) is 114 Å². The van der Waals surface area contributed by atoms with Crippen LogP contribution in [0.1, 0.15) is 18.5 Å². The van der Waals surface area contributed by atoms with Gasteiger partial charge in [-0.2, -0.15) is 0 Å². The van der Waals surface area contributed by atoms with Gasteiger partial charge in [-0.1, -0.05) is 12.6 Å². The van der Waals surface area contributed by atoms with Gasteiger partial charge in [-0.05, 0) is 79.6 Å². The van der Waals surface area contributed by atoms with Crippen LogP contribution in [0.2, 0.25) is 0 Å². The lowest BCUT2D eigenvalue weighted by Crippen LogP contribution is -2.39. The molecule has 1 aliphatic rings. The first-order valence-corrected chi connectivity index (χ1v) is 15.4. The number of fused-ring (bicyclic) bond motifs is 1. The number of aromatic nitrogens is 2. The Morgan fingerprint density at radius 2 is 1.93 bits per heavy atom. The maximum Gasteiger partial charge on any atom is 0.240 e. The van der Waals surface area contributed by atoms with Crippen molar-refractivity contribution in [1.82, 2.24) is 20.6 Å². The van der Waals surface area contributed by atoms with Crippen molar-refractivity contribution in [2.75, 3.05) is 32.2 Å². The van der Waals surface area contributed by atoms with Gasteiger partial charge in [0.1, 0.15) is 29.4 Å². The van der Waals surface area contributed by atoms with Gasteiger partial charge < -0.3 is 25.4 Å². The van der Waals surface area contributed by atoms with E-state index in [0.717, 1.165) is 39.1 Å². The third kappa shape index (κ3) is 8.27. The smallest absolute Gasteiger partial charge is 0.240 e. The number of methoxy groups -OCH3 is 1. The lowest BCUT2D eigenvalue weighted by molar-refractivity contribution is -0.133. The zero-order valence-electron chi connectivity index (χ0n) is 25.1. The van der Waals surface area contributed by atoms with Crippen LogP contribution < -0.4 is 20.7 Å². The van der Waals surface area contributed by atoms with Crippen LogP contribution >= 0.6 is 11.3 Å². The van der Waals surface area contributed by atoms with Gasteiger partial charge in [0.25, 0.3) is 0 Å². The highest BCUT2D eigenvalue weighted by atomic mass is 32.1. The molecule has 1 saturated carbocycles. The molecule has 3 aromatic heterocycles. The zero-order valence-corrected chi connectivity index (χ0v) is 26.0. The van der Waals surface area contributed by atoms with Crippen molar-refractivity contribution in [1.29, 1.82) is 0 Å². The van der Waals surface area contributed by atoms with Gasteiger partial charge in [0.2, 0.25) is 11.8 Å². The Morgan fingerprint density at radius 1 is 1.13 bits per heavy atom. The summed E-state index contributed by atoms with van der Waals surface area (Å²) in [5.41, 5.74) is 1.69. The van der Waals surface area contributed by atoms with Crippen LogP contribution in [0, 0.1) is 11.2 Å². The summed E-state index contributed by atoms with van der Waals surface area (Å²) in [7, 11) is 1.66. The molecule has 46 heavy (non-hydrogen) atoms. The van der Waals surface area contributed by atoms with Crippen molar-refractivity contribution >= 4 is 39.1 Å². The summed E-state index contributed by atoms with van der Waals surface area (Å²) in [4.78, 5) is 36.2. The monoisotopic (exact) mass is 645 g/mol. The molecule has 0 saturated heterocycles. The number of carbonyl (C=O) groups is 2. The van der Waals surface area contributed by atoms with Crippen LogP contribution in [0.25, 0.3) is 20.8 Å². The van der Waals surface area contributed by atoms with E-state index in [2.05, 4.69) is 27.5 Å². The lowest BCUT2D eigenvalue weighted by Gasteiger charge is -2.16. The summed E-state index contributed by atoms with van der Waals surface area (Å²) in [5.74, 6) is -1.69. The maximum absolute atomic E-state index is 13.8. The molecule has 0 bridgehead atoms. The van der Waals surface area contributed by atoms with Gasteiger partial charge in [-0.25, -0.2) is 8.78 Å². The van der Waals surface area contributed by atoms with Crippen LogP contribution in [-0.2, 0) is 20.9 Å². The summed E-state index contributed by atoms with van der Waals surface area (Å²) < 4.78 is 38.9. The van der Waals surface area contributed by atoms with E-state index in [0.29, 0.717) is 37.4 Å². The van der Waals surface area contributed by atoms with E-state index in [4.69, 9.17) is 14.5 Å². The highest BCUT2D eigenvalue weighted by Crippen LogP contribution is 2.47. The highest BCUT2D eigenvalue weighted by molar-refractivity contribution is 7.22. The summed E-state index contributed by atoms with van der Waals surface area (Å²) in [6, 6.07) is 14.9. The van der Waals surface area contributed by atoms with Gasteiger partial charge in [0.05, 0.1) is 33.1 Å². The first kappa shape index (κ1) is 32.6. The van der Waals surface area contributed by atoms with Crippen molar-refractivity contribution in [2.45, 2.75) is 19.4 Å². The van der Waals surface area contributed by atoms with Crippen molar-refractivity contribution in [2.24, 2.45) is 5.41 Å². The highest BCUT2D eigenvalue weighted by Gasteiger charge is 2.56. The van der Waals surface area contributed by atoms with E-state index < -0.39 is 28.9 Å². The fourth-order valence-electron chi connectivity index (χ4n) is 4.59. The number of nitrogens with one attached hydrogen (secondary N) is 3. The Kier molecular flexibility index (Phi) is 10.6. The average molecular weight is 646 g/mol. The van der Waals surface area contributed by atoms with Crippen molar-refractivity contribution in [3.63, 3.8) is 0 Å². The summed E-state index contributed by atoms with van der Waals surface area (Å²) in [6.07, 6.45) is 6.49. The molecular formula is C34H33F2N5O4S. The normalized spacial score (nSPS) is 13.9. The van der Waals surface area contributed by atoms with Crippen LogP contribution in [0.4, 0.5) is 14.5 Å². The predicted molar refractivity (Wildman–Crippen MR) is 174 cm³/mol. The van der Waals surface area contributed by atoms with E-state index in [1.54, 1.807) is 25.4 Å². The fraction of sp³-hybridized carbons (Fsp3) is 0.235. The van der Waals surface area contributed by atoms with Crippen LogP contribution in [-0.4, -0.2) is 48.7 Å². The standard InChI is InChI=1S/C34H33F2N5O4S/c1-22(35)19-25(41-33(43)34(13-14-34)32(42)40-24-10-8-23(36)9-11-24)6-4-17-45-29-12-15-38-28-20-30(46-31(28)29)27-7-3-5-26(39-27)21-37-16-18-44-2/h3-12,15,19-20,37H,1,13-14,16-18,21H2,2H3,(H,40,42)(H,41,43)/b6-4-,25-19+. The number of nitrogens with zero attached hydrogens (tertiary/aromatic N) is 2. The largest absolute Gasteiger partial charge is 0.488 e. The Hall–Kier alpha value is -4.78. The second-order valence-corrected chi connectivity index (χ2v) is 11.6. The number of hydrogen-bond acceptors (Lipinski definition) is 8. The van der Waals surface area contributed by atoms with Gasteiger partial charge in [-0.3, -0.25) is 19.6 Å². The molecule has 3 heterocycles. The molecule has 4 aromatic rings. The quantitative estimate of drug-likeness (QED) is 0.0817. The first-order chi connectivity index (χ1) is 22.3. The molecule has 3 N–H and O–H groups in total. The SMILES string of the molecule is C=C(F)/C=C(\C=C/COc1ccnc2cc(-c3cccc(CNCCOC)n3)sc12)NC(=O)C1(C(=O)Nc2ccc(F)cc2)CC1. The molecule has 1 aliphatic carbocycles. The van der Waals surface area contributed by atoms with E-state index in [1.165, 1.54) is 41.7 Å². The number of amides is 2. The number of hydrogen-bond donors (Lipinski definition) is 3. The minimum Gasteiger partial charge on any atom is -0.488 e. The van der Waals surface area contributed by atoms with E-state index in [9.17, 15) is 18.4 Å². The molecule has 12 heteroatoms. The van der Waals surface area contributed by atoms with Crippen LogP contribution in [0.3, 0.4) is 0 Å². The number of anilines is 1. The van der Waals surface area contributed by atoms with E-state index >= 15 is 0 Å². The number of halogens is 2. The molecule has 1 fully saturated rings. The van der Waals surface area contributed by atoms with Gasteiger partial charge >= 0.3 is 0 Å². The minimum absolute atomic E-state index is 0.107. The molecule has 5 rings (SSSR count). The van der Waals surface area contributed by atoms with Crippen LogP contribution in [0.5, 0.6) is 5.75 Å². The number of rotatable bonds is 15. The summed E-state index contributed by atoms with van der Waals surface area (Å²) in [6.45, 7) is 5.33. The first-order valence-electron chi connectivity index (χ1n) is 14.6. The van der Waals surface area contributed by atoms with Crippen molar-refractivity contribution in [3.8, 4) is 16.3 Å². The average Bonchev–Trinajstić information content (AvgIpc) is 3.75. The molecule has 0 unspecified atom stereocenters. The van der Waals surface area contributed by atoms with Crippen LogP contribution in [0.15, 0.2) is 97.1 Å². The van der Waals surface area contributed by atoms with Crippen molar-refractivity contribution in [3.05, 3.63) is 109 Å². The number of thiophene rings is 1. The van der Waals surface area contributed by atoms with Gasteiger partial charge in [0.15, 0.2) is 0 Å². The molecule has 0 atom stereocenters. The molecule has 9 nitrogen and oxygen atoms in total. The number of pyridine rings is 2. The van der Waals surface area contributed by atoms with E-state index in [1.807, 2.05) is 24.3 Å². The minimum atomic E-state index is -1.30. The van der Waals surface area contributed by atoms with Gasteiger partial charge in [0, 0.05) is 37.8 Å². The molecule has 2 amide bonds. The Labute approximate surface area is 269 Å². The molecule has 0 radical (unpaired) electrons. The molecule has 0 aliphatic heterocycles. The number of ether oxygens (including phenoxy) is 2.